The third kappa shape index (κ3) is 6.40. The maximum absolute atomic E-state index is 11.2. The first kappa shape index (κ1) is 35.2. The molecular formula is C48H51N3O. The Morgan fingerprint density at radius 2 is 1.17 bits per heavy atom. The summed E-state index contributed by atoms with van der Waals surface area (Å²) < 4.78 is 2.14. The van der Waals surface area contributed by atoms with Crippen LogP contribution in [0.3, 0.4) is 0 Å². The molecule has 0 unspecified atom stereocenters. The van der Waals surface area contributed by atoms with Gasteiger partial charge in [0.15, 0.2) is 0 Å². The molecule has 5 aromatic carbocycles. The highest BCUT2D eigenvalue weighted by Gasteiger charge is 2.24. The zero-order valence-corrected chi connectivity index (χ0v) is 32.6. The smallest absolute Gasteiger partial charge is 0.144 e. The van der Waals surface area contributed by atoms with Crippen LogP contribution in [-0.2, 0) is 23.3 Å². The minimum absolute atomic E-state index is 0.0625. The fraction of sp³-hybridized carbons (Fsp3) is 0.292. The van der Waals surface area contributed by atoms with Gasteiger partial charge < -0.3 is 9.67 Å². The molecule has 0 aliphatic rings. The number of hydrogen-bond acceptors (Lipinski definition) is 3. The van der Waals surface area contributed by atoms with E-state index in [4.69, 9.17) is 9.97 Å². The van der Waals surface area contributed by atoms with Gasteiger partial charge >= 0.3 is 0 Å². The molecule has 0 bridgehead atoms. The minimum atomic E-state index is -0.105. The number of aromatic nitrogens is 3. The molecule has 0 spiro atoms. The van der Waals surface area contributed by atoms with Crippen molar-refractivity contribution in [3.8, 4) is 50.5 Å². The SMILES string of the molecule is Cc1ccc(-c2cc(-c3cc(-c4ccc(C(C)(C)C)cc4)cc4c3nc(-c3cc(C(C)(C)C)ccc3O)n4C)cc(C(C)(C)C)c2)c2ncccc12. The Bertz CT molecular complexity index is 2480. The van der Waals surface area contributed by atoms with E-state index in [2.05, 4.69) is 160 Å². The number of phenolic OH excluding ortho intramolecular Hbond substituents is 1. The van der Waals surface area contributed by atoms with Crippen molar-refractivity contribution in [2.75, 3.05) is 0 Å². The standard InChI is InChI=1S/C48H51N3O/c1-29-14-20-38(43-37(29)13-12-22-49-43)32-23-33(25-36(24-32)48(8,9)10)39-26-31(30-15-17-34(18-16-30)46(2,3)4)27-41-44(39)50-45(51(41)11)40-28-35(47(5,6)7)19-21-42(40)52/h12-28,52H,1-11H3. The zero-order valence-electron chi connectivity index (χ0n) is 32.6. The van der Waals surface area contributed by atoms with Crippen LogP contribution >= 0.6 is 0 Å². The van der Waals surface area contributed by atoms with Gasteiger partial charge in [-0.15, -0.1) is 0 Å². The molecule has 264 valence electrons. The van der Waals surface area contributed by atoms with E-state index >= 15 is 0 Å². The van der Waals surface area contributed by atoms with E-state index in [0.717, 1.165) is 72.3 Å². The molecule has 0 saturated heterocycles. The molecule has 4 heteroatoms. The van der Waals surface area contributed by atoms with Gasteiger partial charge in [0.1, 0.15) is 11.6 Å². The Labute approximate surface area is 309 Å². The van der Waals surface area contributed by atoms with Crippen LogP contribution < -0.4 is 0 Å². The van der Waals surface area contributed by atoms with Crippen LogP contribution in [0, 0.1) is 6.92 Å². The van der Waals surface area contributed by atoms with Gasteiger partial charge in [-0.25, -0.2) is 4.98 Å². The van der Waals surface area contributed by atoms with Crippen molar-refractivity contribution in [2.24, 2.45) is 7.05 Å². The van der Waals surface area contributed by atoms with E-state index in [1.165, 1.54) is 16.7 Å². The summed E-state index contributed by atoms with van der Waals surface area (Å²) in [6, 6.07) is 35.0. The fourth-order valence-electron chi connectivity index (χ4n) is 7.18. The summed E-state index contributed by atoms with van der Waals surface area (Å²) in [5.74, 6) is 0.961. The first-order chi connectivity index (χ1) is 24.4. The number of hydrogen-bond donors (Lipinski definition) is 1. The Balaban J connectivity index is 1.54. The lowest BCUT2D eigenvalue weighted by Crippen LogP contribution is -2.11. The van der Waals surface area contributed by atoms with Crippen molar-refractivity contribution in [2.45, 2.75) is 85.5 Å². The van der Waals surface area contributed by atoms with Crippen LogP contribution in [0.5, 0.6) is 5.75 Å². The summed E-state index contributed by atoms with van der Waals surface area (Å²) in [7, 11) is 2.06. The number of aromatic hydroxyl groups is 1. The minimum Gasteiger partial charge on any atom is -0.507 e. The number of pyridine rings is 1. The third-order valence-corrected chi connectivity index (χ3v) is 10.6. The van der Waals surface area contributed by atoms with Gasteiger partial charge in [0.25, 0.3) is 0 Å². The quantitative estimate of drug-likeness (QED) is 0.201. The molecule has 2 aromatic heterocycles. The monoisotopic (exact) mass is 685 g/mol. The molecule has 0 aliphatic heterocycles. The van der Waals surface area contributed by atoms with E-state index in [0.29, 0.717) is 0 Å². The first-order valence-electron chi connectivity index (χ1n) is 18.4. The molecule has 0 amide bonds. The van der Waals surface area contributed by atoms with E-state index < -0.39 is 0 Å². The van der Waals surface area contributed by atoms with Gasteiger partial charge in [0.2, 0.25) is 0 Å². The van der Waals surface area contributed by atoms with Gasteiger partial charge in [-0.2, -0.15) is 0 Å². The van der Waals surface area contributed by atoms with Gasteiger partial charge in [-0.1, -0.05) is 123 Å². The molecule has 2 heterocycles. The second-order valence-corrected chi connectivity index (χ2v) is 17.6. The first-order valence-corrected chi connectivity index (χ1v) is 18.4. The molecule has 1 N–H and O–H groups in total. The lowest BCUT2D eigenvalue weighted by Gasteiger charge is -2.22. The fourth-order valence-corrected chi connectivity index (χ4v) is 7.18. The summed E-state index contributed by atoms with van der Waals surface area (Å²) in [5.41, 5.74) is 15.1. The lowest BCUT2D eigenvalue weighted by molar-refractivity contribution is 0.475. The van der Waals surface area contributed by atoms with Gasteiger partial charge in [0.05, 0.1) is 22.1 Å². The highest BCUT2D eigenvalue weighted by atomic mass is 16.3. The zero-order chi connectivity index (χ0) is 37.3. The van der Waals surface area contributed by atoms with Crippen molar-refractivity contribution in [3.63, 3.8) is 0 Å². The van der Waals surface area contributed by atoms with Crippen LogP contribution in [-0.4, -0.2) is 19.6 Å². The van der Waals surface area contributed by atoms with Gasteiger partial charge in [0, 0.05) is 29.8 Å². The molecule has 7 rings (SSSR count). The van der Waals surface area contributed by atoms with Gasteiger partial charge in [-0.3, -0.25) is 4.98 Å². The molecular weight excluding hydrogens is 635 g/mol. The third-order valence-electron chi connectivity index (χ3n) is 10.6. The molecule has 4 nitrogen and oxygen atoms in total. The van der Waals surface area contributed by atoms with Crippen LogP contribution in [0.4, 0.5) is 0 Å². The van der Waals surface area contributed by atoms with E-state index in [1.807, 2.05) is 18.3 Å². The summed E-state index contributed by atoms with van der Waals surface area (Å²) in [6.45, 7) is 22.3. The topological polar surface area (TPSA) is 50.9 Å². The molecule has 0 fully saturated rings. The maximum atomic E-state index is 11.2. The average Bonchev–Trinajstić information content (AvgIpc) is 3.42. The Kier molecular flexibility index (Phi) is 8.44. The summed E-state index contributed by atoms with van der Waals surface area (Å²) >= 11 is 0. The summed E-state index contributed by atoms with van der Waals surface area (Å²) in [4.78, 5) is 10.3. The van der Waals surface area contributed by atoms with Crippen LogP contribution in [0.2, 0.25) is 0 Å². The van der Waals surface area contributed by atoms with Crippen LogP contribution in [0.25, 0.3) is 66.7 Å². The van der Waals surface area contributed by atoms with Crippen LogP contribution in [0.15, 0.2) is 103 Å². The van der Waals surface area contributed by atoms with E-state index in [-0.39, 0.29) is 22.0 Å². The average molecular weight is 686 g/mol. The van der Waals surface area contributed by atoms with Crippen molar-refractivity contribution < 1.29 is 5.11 Å². The molecule has 7 aromatic rings. The van der Waals surface area contributed by atoms with Crippen molar-refractivity contribution in [1.29, 1.82) is 0 Å². The Hall–Kier alpha value is -5.22. The van der Waals surface area contributed by atoms with E-state index in [9.17, 15) is 5.11 Å². The number of nitrogens with zero attached hydrogens (tertiary/aromatic N) is 3. The Morgan fingerprint density at radius 1 is 0.538 bits per heavy atom. The number of fused-ring (bicyclic) bond motifs is 2. The normalized spacial score (nSPS) is 12.6. The van der Waals surface area contributed by atoms with Crippen LogP contribution in [0.1, 0.15) is 84.6 Å². The second kappa shape index (κ2) is 12.5. The highest BCUT2D eigenvalue weighted by molar-refractivity contribution is 6.01. The maximum Gasteiger partial charge on any atom is 0.144 e. The number of rotatable bonds is 4. The number of phenols is 1. The molecule has 0 radical (unpaired) electrons. The largest absolute Gasteiger partial charge is 0.507 e. The number of benzene rings is 5. The van der Waals surface area contributed by atoms with Crippen molar-refractivity contribution in [1.82, 2.24) is 14.5 Å². The molecule has 52 heavy (non-hydrogen) atoms. The predicted molar refractivity (Wildman–Crippen MR) is 220 cm³/mol. The summed E-state index contributed by atoms with van der Waals surface area (Å²) in [5, 5.41) is 12.4. The van der Waals surface area contributed by atoms with Gasteiger partial charge in [-0.05, 0) is 104 Å². The van der Waals surface area contributed by atoms with Crippen molar-refractivity contribution >= 4 is 21.9 Å². The predicted octanol–water partition coefficient (Wildman–Crippen LogP) is 12.7. The number of imidazole rings is 1. The lowest BCUT2D eigenvalue weighted by atomic mass is 9.82. The van der Waals surface area contributed by atoms with Crippen molar-refractivity contribution in [3.05, 3.63) is 126 Å². The Morgan fingerprint density at radius 3 is 1.83 bits per heavy atom. The summed E-state index contributed by atoms with van der Waals surface area (Å²) in [6.07, 6.45) is 1.89. The molecule has 0 atom stereocenters. The van der Waals surface area contributed by atoms with E-state index in [1.54, 1.807) is 6.07 Å². The second-order valence-electron chi connectivity index (χ2n) is 17.6. The molecule has 0 saturated carbocycles. The number of aryl methyl sites for hydroxylation is 2. The highest BCUT2D eigenvalue weighted by Crippen LogP contribution is 2.42. The molecule has 0 aliphatic carbocycles.